The molecular weight excluding hydrogens is 308 g/mol. The number of carbonyl (C=O) groups excluding carboxylic acids is 1. The van der Waals surface area contributed by atoms with Crippen LogP contribution >= 0.6 is 0 Å². The van der Waals surface area contributed by atoms with E-state index in [1.807, 2.05) is 11.8 Å². The maximum absolute atomic E-state index is 12.6. The van der Waals surface area contributed by atoms with Crippen LogP contribution in [0, 0.1) is 6.92 Å². The lowest BCUT2D eigenvalue weighted by Gasteiger charge is -2.34. The number of hydrogen-bond donors (Lipinski definition) is 0. The van der Waals surface area contributed by atoms with Gasteiger partial charge in [-0.05, 0) is 19.1 Å². The normalized spacial score (nSPS) is 17.7. The van der Waals surface area contributed by atoms with Gasteiger partial charge in [-0.2, -0.15) is 0 Å². The van der Waals surface area contributed by atoms with Crippen molar-refractivity contribution in [3.63, 3.8) is 0 Å². The van der Waals surface area contributed by atoms with E-state index in [1.54, 1.807) is 12.1 Å². The van der Waals surface area contributed by atoms with Gasteiger partial charge in [-0.25, -0.2) is 9.97 Å². The molecule has 0 N–H and O–H groups in total. The summed E-state index contributed by atoms with van der Waals surface area (Å²) in [7, 11) is 0. The molecule has 0 saturated carbocycles. The highest BCUT2D eigenvalue weighted by molar-refractivity contribution is 5.91. The molecule has 1 saturated heterocycles. The molecule has 0 unspecified atom stereocenters. The molecule has 2 aromatic heterocycles. The van der Waals surface area contributed by atoms with E-state index in [-0.39, 0.29) is 5.91 Å². The summed E-state index contributed by atoms with van der Waals surface area (Å²) in [6.07, 6.45) is 2.26. The number of ether oxygens (including phenoxy) is 1. The van der Waals surface area contributed by atoms with Gasteiger partial charge in [0.05, 0.1) is 31.7 Å². The van der Waals surface area contributed by atoms with Gasteiger partial charge in [0.15, 0.2) is 5.76 Å². The Labute approximate surface area is 140 Å². The Morgan fingerprint density at radius 3 is 2.79 bits per heavy atom. The molecule has 7 heteroatoms. The molecule has 0 atom stereocenters. The summed E-state index contributed by atoms with van der Waals surface area (Å²) >= 11 is 0. The van der Waals surface area contributed by atoms with E-state index < -0.39 is 0 Å². The Kier molecular flexibility index (Phi) is 3.93. The van der Waals surface area contributed by atoms with E-state index in [2.05, 4.69) is 14.9 Å². The van der Waals surface area contributed by atoms with Gasteiger partial charge in [-0.1, -0.05) is 0 Å². The quantitative estimate of drug-likeness (QED) is 0.830. The van der Waals surface area contributed by atoms with Crippen molar-refractivity contribution in [2.75, 3.05) is 37.7 Å². The predicted octanol–water partition coefficient (Wildman–Crippen LogP) is 1.41. The van der Waals surface area contributed by atoms with Gasteiger partial charge in [0.2, 0.25) is 0 Å². The van der Waals surface area contributed by atoms with Crippen LogP contribution in [-0.2, 0) is 17.7 Å². The summed E-state index contributed by atoms with van der Waals surface area (Å²) in [6, 6.07) is 3.43. The van der Waals surface area contributed by atoms with Crippen molar-refractivity contribution < 1.29 is 13.9 Å². The number of furan rings is 1. The van der Waals surface area contributed by atoms with Crippen LogP contribution in [0.15, 0.2) is 22.8 Å². The lowest BCUT2D eigenvalue weighted by molar-refractivity contribution is 0.0700. The molecule has 0 spiro atoms. The number of nitrogens with zero attached hydrogens (tertiary/aromatic N) is 4. The van der Waals surface area contributed by atoms with Crippen LogP contribution in [0.3, 0.4) is 0 Å². The van der Waals surface area contributed by atoms with E-state index in [0.29, 0.717) is 32.1 Å². The molecule has 1 amide bonds. The number of amides is 1. The van der Waals surface area contributed by atoms with E-state index in [1.165, 1.54) is 6.26 Å². The Bertz CT molecular complexity index is 739. The fraction of sp³-hybridized carbons (Fsp3) is 0.471. The third-order valence-electron chi connectivity index (χ3n) is 4.48. The van der Waals surface area contributed by atoms with Crippen molar-refractivity contribution in [3.8, 4) is 0 Å². The molecular formula is C17H20N4O3. The van der Waals surface area contributed by atoms with E-state index in [4.69, 9.17) is 9.15 Å². The molecule has 2 aliphatic heterocycles. The minimum Gasteiger partial charge on any atom is -0.459 e. The van der Waals surface area contributed by atoms with Gasteiger partial charge in [-0.3, -0.25) is 4.79 Å². The molecule has 2 aliphatic rings. The lowest BCUT2D eigenvalue weighted by atomic mass is 10.0. The van der Waals surface area contributed by atoms with Crippen molar-refractivity contribution in [3.05, 3.63) is 41.2 Å². The molecule has 0 bridgehead atoms. The number of morpholine rings is 1. The highest BCUT2D eigenvalue weighted by atomic mass is 16.5. The molecule has 126 valence electrons. The zero-order valence-corrected chi connectivity index (χ0v) is 13.7. The number of fused-ring (bicyclic) bond motifs is 1. The largest absolute Gasteiger partial charge is 0.459 e. The van der Waals surface area contributed by atoms with E-state index in [9.17, 15) is 4.79 Å². The molecule has 7 nitrogen and oxygen atoms in total. The molecule has 2 aromatic rings. The van der Waals surface area contributed by atoms with Crippen molar-refractivity contribution in [2.45, 2.75) is 19.9 Å². The van der Waals surface area contributed by atoms with Crippen molar-refractivity contribution in [2.24, 2.45) is 0 Å². The summed E-state index contributed by atoms with van der Waals surface area (Å²) in [4.78, 5) is 25.9. The van der Waals surface area contributed by atoms with Gasteiger partial charge < -0.3 is 19.0 Å². The van der Waals surface area contributed by atoms with Gasteiger partial charge >= 0.3 is 0 Å². The third-order valence-corrected chi connectivity index (χ3v) is 4.48. The van der Waals surface area contributed by atoms with E-state index in [0.717, 1.165) is 42.4 Å². The first-order chi connectivity index (χ1) is 11.7. The Morgan fingerprint density at radius 1 is 1.21 bits per heavy atom. The number of carbonyl (C=O) groups is 1. The number of rotatable bonds is 2. The van der Waals surface area contributed by atoms with Crippen molar-refractivity contribution in [1.82, 2.24) is 14.9 Å². The summed E-state index contributed by atoms with van der Waals surface area (Å²) in [5, 5.41) is 0. The molecule has 4 heterocycles. The molecule has 1 fully saturated rings. The van der Waals surface area contributed by atoms with Crippen LogP contribution in [0.25, 0.3) is 0 Å². The summed E-state index contributed by atoms with van der Waals surface area (Å²) in [6.45, 7) is 6.11. The van der Waals surface area contributed by atoms with Crippen molar-refractivity contribution in [1.29, 1.82) is 0 Å². The van der Waals surface area contributed by atoms with Crippen molar-refractivity contribution >= 4 is 11.7 Å². The topological polar surface area (TPSA) is 71.7 Å². The second kappa shape index (κ2) is 6.24. The molecule has 0 aliphatic carbocycles. The van der Waals surface area contributed by atoms with Crippen LogP contribution in [0.4, 0.5) is 5.82 Å². The average Bonchev–Trinajstić information content (AvgIpc) is 3.15. The lowest BCUT2D eigenvalue weighted by Crippen LogP contribution is -2.41. The average molecular weight is 328 g/mol. The SMILES string of the molecule is Cc1nc2c(c(N3CCOCC3)n1)CN(C(=O)c1ccco1)CC2. The van der Waals surface area contributed by atoms with Crippen LogP contribution in [0.2, 0.25) is 0 Å². The molecule has 0 aromatic carbocycles. The smallest absolute Gasteiger partial charge is 0.289 e. The van der Waals surface area contributed by atoms with Crippen LogP contribution < -0.4 is 4.90 Å². The van der Waals surface area contributed by atoms with Crippen LogP contribution in [0.1, 0.15) is 27.6 Å². The molecule has 0 radical (unpaired) electrons. The summed E-state index contributed by atoms with van der Waals surface area (Å²) < 4.78 is 10.7. The highest BCUT2D eigenvalue weighted by Crippen LogP contribution is 2.28. The predicted molar refractivity (Wildman–Crippen MR) is 87.0 cm³/mol. The first kappa shape index (κ1) is 15.1. The number of aryl methyl sites for hydroxylation is 1. The molecule has 4 rings (SSSR count). The van der Waals surface area contributed by atoms with Gasteiger partial charge in [0.1, 0.15) is 11.6 Å². The Hall–Kier alpha value is -2.41. The second-order valence-electron chi connectivity index (χ2n) is 6.07. The van der Waals surface area contributed by atoms with Gasteiger partial charge in [-0.15, -0.1) is 0 Å². The monoisotopic (exact) mass is 328 g/mol. The van der Waals surface area contributed by atoms with Gasteiger partial charge in [0, 0.05) is 31.6 Å². The summed E-state index contributed by atoms with van der Waals surface area (Å²) in [5.74, 6) is 2.01. The molecule has 24 heavy (non-hydrogen) atoms. The zero-order chi connectivity index (χ0) is 16.5. The third kappa shape index (κ3) is 2.75. The number of aromatic nitrogens is 2. The number of anilines is 1. The van der Waals surface area contributed by atoms with Gasteiger partial charge in [0.25, 0.3) is 5.91 Å². The number of hydrogen-bond acceptors (Lipinski definition) is 6. The fourth-order valence-electron chi connectivity index (χ4n) is 3.28. The Morgan fingerprint density at radius 2 is 2.04 bits per heavy atom. The minimum absolute atomic E-state index is 0.0841. The zero-order valence-electron chi connectivity index (χ0n) is 13.7. The summed E-state index contributed by atoms with van der Waals surface area (Å²) in [5.41, 5.74) is 2.10. The van der Waals surface area contributed by atoms with Crippen LogP contribution in [0.5, 0.6) is 0 Å². The maximum Gasteiger partial charge on any atom is 0.289 e. The first-order valence-corrected chi connectivity index (χ1v) is 8.24. The highest BCUT2D eigenvalue weighted by Gasteiger charge is 2.29. The van der Waals surface area contributed by atoms with E-state index >= 15 is 0 Å². The standard InChI is InChI=1S/C17H20N4O3/c1-12-18-14-4-5-21(17(22)15-3-2-8-24-15)11-13(14)16(19-12)20-6-9-23-10-7-20/h2-3,8H,4-7,9-11H2,1H3. The second-order valence-corrected chi connectivity index (χ2v) is 6.07. The minimum atomic E-state index is -0.0841. The maximum atomic E-state index is 12.6. The Balaban J connectivity index is 1.65. The first-order valence-electron chi connectivity index (χ1n) is 8.24. The fourth-order valence-corrected chi connectivity index (χ4v) is 3.28. The van der Waals surface area contributed by atoms with Crippen LogP contribution in [-0.4, -0.2) is 53.6 Å².